The molecule has 0 fully saturated rings. The minimum Gasteiger partial charge on any atom is -0.504 e. The lowest BCUT2D eigenvalue weighted by Crippen LogP contribution is -2.28. The lowest BCUT2D eigenvalue weighted by atomic mass is 10.1. The zero-order chi connectivity index (χ0) is 18.5. The molecule has 0 bridgehead atoms. The van der Waals surface area contributed by atoms with Gasteiger partial charge in [0.1, 0.15) is 11.3 Å². The van der Waals surface area contributed by atoms with Gasteiger partial charge in [-0.1, -0.05) is 6.08 Å². The predicted molar refractivity (Wildman–Crippen MR) is 105 cm³/mol. The molecule has 0 saturated carbocycles. The molecule has 0 aliphatic carbocycles. The minimum absolute atomic E-state index is 0.0360. The summed E-state index contributed by atoms with van der Waals surface area (Å²) >= 11 is 5.18. The Bertz CT molecular complexity index is 977. The van der Waals surface area contributed by atoms with Crippen LogP contribution in [0.5, 0.6) is 11.5 Å². The summed E-state index contributed by atoms with van der Waals surface area (Å²) in [6.45, 7) is 4.19. The molecule has 26 heavy (non-hydrogen) atoms. The standard InChI is InChI=1S/C18H17N5O2S/c1-3-8-19-18(26)23-16-7-5-12-17(22-16)21-13(10-20-12)11-4-6-15(25-2)14(24)9-11/h3-7,9-10,24H,1,8H2,2H3,(H2,19,21,22,23,26). The summed E-state index contributed by atoms with van der Waals surface area (Å²) in [5.41, 5.74) is 2.42. The van der Waals surface area contributed by atoms with Gasteiger partial charge < -0.3 is 20.5 Å². The lowest BCUT2D eigenvalue weighted by molar-refractivity contribution is 0.373. The van der Waals surface area contributed by atoms with Crippen molar-refractivity contribution in [2.75, 3.05) is 19.0 Å². The van der Waals surface area contributed by atoms with Gasteiger partial charge in [-0.3, -0.25) is 4.98 Å². The van der Waals surface area contributed by atoms with E-state index in [1.54, 1.807) is 36.5 Å². The van der Waals surface area contributed by atoms with Crippen LogP contribution in [-0.4, -0.2) is 38.8 Å². The summed E-state index contributed by atoms with van der Waals surface area (Å²) in [6.07, 6.45) is 3.35. The molecule has 132 valence electrons. The van der Waals surface area contributed by atoms with Crippen molar-refractivity contribution >= 4 is 34.3 Å². The number of nitrogens with one attached hydrogen (secondary N) is 2. The molecule has 0 amide bonds. The van der Waals surface area contributed by atoms with E-state index in [1.165, 1.54) is 7.11 Å². The SMILES string of the molecule is C=CCNC(=S)Nc1ccc2ncc(-c3ccc(OC)c(O)c3)nc2n1. The maximum Gasteiger partial charge on any atom is 0.180 e. The first-order chi connectivity index (χ1) is 12.6. The third-order valence-electron chi connectivity index (χ3n) is 3.53. The third-order valence-corrected chi connectivity index (χ3v) is 3.78. The van der Waals surface area contributed by atoms with E-state index in [1.807, 2.05) is 6.07 Å². The van der Waals surface area contributed by atoms with Gasteiger partial charge in [-0.15, -0.1) is 6.58 Å². The highest BCUT2D eigenvalue weighted by atomic mass is 32.1. The van der Waals surface area contributed by atoms with Gasteiger partial charge in [0.05, 0.1) is 19.0 Å². The molecule has 0 aliphatic rings. The van der Waals surface area contributed by atoms with Crippen LogP contribution in [0.25, 0.3) is 22.4 Å². The highest BCUT2D eigenvalue weighted by molar-refractivity contribution is 7.80. The number of anilines is 1. The van der Waals surface area contributed by atoms with Gasteiger partial charge in [0, 0.05) is 12.1 Å². The Morgan fingerprint density at radius 3 is 2.88 bits per heavy atom. The Kier molecular flexibility index (Phi) is 5.23. The van der Waals surface area contributed by atoms with Gasteiger partial charge in [0.25, 0.3) is 0 Å². The number of thiocarbonyl (C=S) groups is 1. The molecule has 0 aliphatic heterocycles. The average Bonchev–Trinajstić information content (AvgIpc) is 2.65. The number of benzene rings is 1. The number of phenols is 1. The fourth-order valence-corrected chi connectivity index (χ4v) is 2.47. The van der Waals surface area contributed by atoms with Crippen molar-refractivity contribution in [2.24, 2.45) is 0 Å². The number of nitrogens with zero attached hydrogens (tertiary/aromatic N) is 3. The average molecular weight is 367 g/mol. The van der Waals surface area contributed by atoms with Crippen molar-refractivity contribution in [3.63, 3.8) is 0 Å². The van der Waals surface area contributed by atoms with E-state index in [0.717, 1.165) is 0 Å². The first-order valence-electron chi connectivity index (χ1n) is 7.77. The molecule has 0 radical (unpaired) electrons. The van der Waals surface area contributed by atoms with Crippen molar-refractivity contribution in [2.45, 2.75) is 0 Å². The quantitative estimate of drug-likeness (QED) is 0.468. The van der Waals surface area contributed by atoms with E-state index < -0.39 is 0 Å². The van der Waals surface area contributed by atoms with Crippen LogP contribution < -0.4 is 15.4 Å². The molecule has 8 heteroatoms. The van der Waals surface area contributed by atoms with Gasteiger partial charge >= 0.3 is 0 Å². The van der Waals surface area contributed by atoms with Gasteiger partial charge in [-0.25, -0.2) is 9.97 Å². The summed E-state index contributed by atoms with van der Waals surface area (Å²) < 4.78 is 5.06. The number of methoxy groups -OCH3 is 1. The Hall–Kier alpha value is -3.26. The van der Waals surface area contributed by atoms with E-state index >= 15 is 0 Å². The minimum atomic E-state index is 0.0360. The molecule has 1 aromatic carbocycles. The fourth-order valence-electron chi connectivity index (χ4n) is 2.28. The summed E-state index contributed by atoms with van der Waals surface area (Å²) in [5.74, 6) is 0.990. The van der Waals surface area contributed by atoms with Gasteiger partial charge in [0.15, 0.2) is 22.3 Å². The summed E-state index contributed by atoms with van der Waals surface area (Å²) in [5, 5.41) is 16.4. The van der Waals surface area contributed by atoms with Crippen molar-refractivity contribution in [3.8, 4) is 22.8 Å². The Morgan fingerprint density at radius 2 is 2.15 bits per heavy atom. The molecule has 0 unspecified atom stereocenters. The fraction of sp³-hybridized carbons (Fsp3) is 0.111. The summed E-state index contributed by atoms with van der Waals surface area (Å²) in [7, 11) is 1.50. The van der Waals surface area contributed by atoms with Crippen LogP contribution in [0.1, 0.15) is 0 Å². The second kappa shape index (κ2) is 7.75. The molecule has 3 aromatic rings. The number of aromatic hydroxyl groups is 1. The number of rotatable bonds is 5. The second-order valence-electron chi connectivity index (χ2n) is 5.30. The van der Waals surface area contributed by atoms with Crippen LogP contribution >= 0.6 is 12.2 Å². The van der Waals surface area contributed by atoms with E-state index in [9.17, 15) is 5.11 Å². The zero-order valence-electron chi connectivity index (χ0n) is 14.1. The van der Waals surface area contributed by atoms with Crippen molar-refractivity contribution in [1.82, 2.24) is 20.3 Å². The molecule has 3 rings (SSSR count). The van der Waals surface area contributed by atoms with Crippen LogP contribution in [0, 0.1) is 0 Å². The summed E-state index contributed by atoms with van der Waals surface area (Å²) in [4.78, 5) is 13.3. The van der Waals surface area contributed by atoms with Crippen LogP contribution in [-0.2, 0) is 0 Å². The molecule has 3 N–H and O–H groups in total. The number of pyridine rings is 1. The molecule has 0 spiro atoms. The number of ether oxygens (including phenoxy) is 1. The molecular weight excluding hydrogens is 350 g/mol. The number of hydrogen-bond acceptors (Lipinski definition) is 6. The number of hydrogen-bond donors (Lipinski definition) is 3. The van der Waals surface area contributed by atoms with Gasteiger partial charge in [-0.05, 0) is 42.5 Å². The Morgan fingerprint density at radius 1 is 1.31 bits per heavy atom. The second-order valence-corrected chi connectivity index (χ2v) is 5.71. The maximum absolute atomic E-state index is 9.95. The van der Waals surface area contributed by atoms with Gasteiger partial charge in [-0.2, -0.15) is 0 Å². The smallest absolute Gasteiger partial charge is 0.180 e. The van der Waals surface area contributed by atoms with Crippen LogP contribution in [0.15, 0.2) is 49.2 Å². The Balaban J connectivity index is 1.90. The monoisotopic (exact) mass is 367 g/mol. The van der Waals surface area contributed by atoms with E-state index in [2.05, 4.69) is 32.2 Å². The highest BCUT2D eigenvalue weighted by Gasteiger charge is 2.09. The molecule has 0 atom stereocenters. The predicted octanol–water partition coefficient (Wildman–Crippen LogP) is 2.88. The normalized spacial score (nSPS) is 10.3. The largest absolute Gasteiger partial charge is 0.504 e. The van der Waals surface area contributed by atoms with Crippen molar-refractivity contribution in [1.29, 1.82) is 0 Å². The van der Waals surface area contributed by atoms with Crippen molar-refractivity contribution in [3.05, 3.63) is 49.2 Å². The molecule has 2 heterocycles. The topological polar surface area (TPSA) is 92.2 Å². The number of aromatic nitrogens is 3. The number of fused-ring (bicyclic) bond motifs is 1. The Labute approximate surface area is 155 Å². The molecule has 7 nitrogen and oxygen atoms in total. The third kappa shape index (κ3) is 3.86. The van der Waals surface area contributed by atoms with Crippen molar-refractivity contribution < 1.29 is 9.84 Å². The molecule has 0 saturated heterocycles. The summed E-state index contributed by atoms with van der Waals surface area (Å²) in [6, 6.07) is 8.63. The van der Waals surface area contributed by atoms with Crippen LogP contribution in [0.3, 0.4) is 0 Å². The van der Waals surface area contributed by atoms with E-state index in [0.29, 0.717) is 45.6 Å². The van der Waals surface area contributed by atoms with Crippen LogP contribution in [0.4, 0.5) is 5.82 Å². The zero-order valence-corrected chi connectivity index (χ0v) is 14.9. The first-order valence-corrected chi connectivity index (χ1v) is 8.18. The van der Waals surface area contributed by atoms with Crippen LogP contribution in [0.2, 0.25) is 0 Å². The first kappa shape index (κ1) is 17.6. The lowest BCUT2D eigenvalue weighted by Gasteiger charge is -2.09. The molecular formula is C18H17N5O2S. The maximum atomic E-state index is 9.95. The van der Waals surface area contributed by atoms with Gasteiger partial charge in [0.2, 0.25) is 0 Å². The number of phenolic OH excluding ortho intramolecular Hbond substituents is 1. The molecule has 2 aromatic heterocycles. The highest BCUT2D eigenvalue weighted by Crippen LogP contribution is 2.30. The van der Waals surface area contributed by atoms with E-state index in [4.69, 9.17) is 17.0 Å². The van der Waals surface area contributed by atoms with E-state index in [-0.39, 0.29) is 5.75 Å².